The zero-order valence-electron chi connectivity index (χ0n) is 41.9. The highest BCUT2D eigenvalue weighted by molar-refractivity contribution is 8.00. The zero-order valence-corrected chi connectivity index (χ0v) is 45.0. The maximum Gasteiger partial charge on any atom is 0.413 e. The van der Waals surface area contributed by atoms with Crippen LogP contribution in [0.1, 0.15) is 88.9 Å². The van der Waals surface area contributed by atoms with Crippen LogP contribution in [0.5, 0.6) is 17.2 Å². The number of hydrogen-bond donors (Lipinski definition) is 4. The number of aromatic nitrogens is 1. The Kier molecular flexibility index (Phi) is 15.9. The van der Waals surface area contributed by atoms with E-state index in [9.17, 15) is 34.2 Å². The van der Waals surface area contributed by atoms with Gasteiger partial charge in [-0.15, -0.1) is 23.1 Å². The van der Waals surface area contributed by atoms with Gasteiger partial charge in [0.1, 0.15) is 66.0 Å². The van der Waals surface area contributed by atoms with Crippen molar-refractivity contribution in [3.63, 3.8) is 0 Å². The first kappa shape index (κ1) is 54.5. The van der Waals surface area contributed by atoms with E-state index in [2.05, 4.69) is 20.8 Å². The standard InChI is InChI=1S/C51H56Cl2N6O12S2/c1-49(2,3)69-46(65)51(7,8)71-57-37(34-26-73-47(54-34)56-48(66)70-50(4,5)6)42(62)55-38-43(63)58-39(45(64)68-24-29-16-19-31(67-10)20-17-29)30(25-72-44(38)58)18-15-27-11-13-28(14-12-27)21-59(9)22-32-33(23-59)36(53)41(61)40(60)35(32)52/h11-20,26,38,44H,21-25H2,1-10H3,(H3-,54,55,56,57,60,61,62,66)/p+1/b18-15+/t38-,44-/m1/s1. The predicted octanol–water partition coefficient (Wildman–Crippen LogP) is 8.83. The summed E-state index contributed by atoms with van der Waals surface area (Å²) in [5.41, 5.74) is 0.575. The smallest absolute Gasteiger partial charge is 0.413 e. The third kappa shape index (κ3) is 12.7. The van der Waals surface area contributed by atoms with Gasteiger partial charge in [-0.2, -0.15) is 0 Å². The predicted molar refractivity (Wildman–Crippen MR) is 277 cm³/mol. The van der Waals surface area contributed by atoms with Gasteiger partial charge in [-0.3, -0.25) is 19.8 Å². The maximum absolute atomic E-state index is 14.3. The summed E-state index contributed by atoms with van der Waals surface area (Å²) < 4.78 is 22.4. The molecule has 22 heteroatoms. The number of ether oxygens (including phenoxy) is 4. The Labute approximate surface area is 440 Å². The number of hydrogen-bond acceptors (Lipinski definition) is 16. The molecule has 0 unspecified atom stereocenters. The van der Waals surface area contributed by atoms with Gasteiger partial charge in [0.15, 0.2) is 22.3 Å². The molecule has 0 radical (unpaired) electrons. The second-order valence-electron chi connectivity index (χ2n) is 20.3. The molecule has 3 aliphatic rings. The molecule has 3 aliphatic heterocycles. The van der Waals surface area contributed by atoms with Gasteiger partial charge >= 0.3 is 18.0 Å². The van der Waals surface area contributed by atoms with Crippen LogP contribution in [0.4, 0.5) is 9.93 Å². The van der Waals surface area contributed by atoms with Gasteiger partial charge in [-0.25, -0.2) is 19.4 Å². The molecule has 1 saturated heterocycles. The van der Waals surface area contributed by atoms with E-state index < -0.39 is 75.3 Å². The molecule has 4 heterocycles. The number of allylic oxidation sites excluding steroid dienone is 1. The molecule has 1 fully saturated rings. The normalized spacial score (nSPS) is 17.6. The highest BCUT2D eigenvalue weighted by Gasteiger charge is 2.55. The topological polar surface area (TPSA) is 225 Å². The van der Waals surface area contributed by atoms with Crippen molar-refractivity contribution in [2.45, 2.75) is 110 Å². The van der Waals surface area contributed by atoms with E-state index in [-0.39, 0.29) is 38.9 Å². The number of benzene rings is 3. The second-order valence-corrected chi connectivity index (χ2v) is 23.0. The Hall–Kier alpha value is -6.32. The number of nitrogens with zero attached hydrogens (tertiary/aromatic N) is 4. The molecule has 4 N–H and O–H groups in total. The van der Waals surface area contributed by atoms with Crippen LogP contribution in [0.15, 0.2) is 76.4 Å². The molecule has 1 aromatic heterocycles. The Morgan fingerprint density at radius 1 is 0.890 bits per heavy atom. The van der Waals surface area contributed by atoms with Crippen LogP contribution < -0.4 is 15.4 Å². The zero-order chi connectivity index (χ0) is 53.4. The van der Waals surface area contributed by atoms with Gasteiger partial charge in [0.25, 0.3) is 11.8 Å². The summed E-state index contributed by atoms with van der Waals surface area (Å²) in [4.78, 5) is 79.7. The van der Waals surface area contributed by atoms with Crippen molar-refractivity contribution in [1.29, 1.82) is 0 Å². The molecule has 7 rings (SSSR count). The first-order valence-corrected chi connectivity index (χ1v) is 25.6. The first-order valence-electron chi connectivity index (χ1n) is 22.9. The van der Waals surface area contributed by atoms with Crippen LogP contribution in [-0.2, 0) is 64.5 Å². The lowest BCUT2D eigenvalue weighted by atomic mass is 10.0. The van der Waals surface area contributed by atoms with E-state index in [1.54, 1.807) is 79.0 Å². The lowest BCUT2D eigenvalue weighted by Gasteiger charge is -2.49. The number of halogens is 2. The summed E-state index contributed by atoms with van der Waals surface area (Å²) in [6.07, 6.45) is 2.80. The fourth-order valence-electron chi connectivity index (χ4n) is 7.93. The Bertz CT molecular complexity index is 2890. The molecule has 0 spiro atoms. The van der Waals surface area contributed by atoms with Crippen molar-refractivity contribution in [3.05, 3.63) is 115 Å². The number of carbonyl (C=O) groups excluding carboxylic acids is 5. The van der Waals surface area contributed by atoms with Gasteiger partial charge in [0.05, 0.1) is 24.2 Å². The van der Waals surface area contributed by atoms with Crippen LogP contribution in [0.2, 0.25) is 10.0 Å². The Morgan fingerprint density at radius 2 is 1.49 bits per heavy atom. The van der Waals surface area contributed by atoms with Gasteiger partial charge in [-0.1, -0.05) is 76.9 Å². The van der Waals surface area contributed by atoms with E-state index in [0.29, 0.717) is 52.1 Å². The molecule has 18 nitrogen and oxygen atoms in total. The minimum Gasteiger partial charge on any atom is -0.503 e. The molecule has 0 saturated carbocycles. The molecule has 0 bridgehead atoms. The summed E-state index contributed by atoms with van der Waals surface area (Å²) in [6.45, 7) is 14.5. The average Bonchev–Trinajstić information content (AvgIpc) is 3.93. The van der Waals surface area contributed by atoms with Crippen molar-refractivity contribution in [1.82, 2.24) is 15.2 Å². The number of amides is 3. The highest BCUT2D eigenvalue weighted by atomic mass is 35.5. The number of oxime groups is 1. The number of β-lactam (4-membered cyclic amide) rings is 1. The van der Waals surface area contributed by atoms with Crippen LogP contribution in [0, 0.1) is 0 Å². The number of rotatable bonds is 15. The monoisotopic (exact) mass is 1080 g/mol. The van der Waals surface area contributed by atoms with Gasteiger partial charge < -0.3 is 43.8 Å². The number of phenolic OH excluding ortho intramolecular Hbond substituents is 2. The number of carbonyl (C=O) groups is 5. The Morgan fingerprint density at radius 3 is 2.08 bits per heavy atom. The number of thioether (sulfide) groups is 1. The lowest BCUT2D eigenvalue weighted by Crippen LogP contribution is -2.71. The largest absolute Gasteiger partial charge is 0.503 e. The van der Waals surface area contributed by atoms with Crippen LogP contribution in [0.25, 0.3) is 6.08 Å². The third-order valence-electron chi connectivity index (χ3n) is 11.5. The van der Waals surface area contributed by atoms with Crippen molar-refractivity contribution in [3.8, 4) is 17.2 Å². The number of nitrogens with one attached hydrogen (secondary N) is 2. The van der Waals surface area contributed by atoms with E-state index in [0.717, 1.165) is 22.5 Å². The summed E-state index contributed by atoms with van der Waals surface area (Å²) >= 11 is 15.1. The van der Waals surface area contributed by atoms with Crippen molar-refractivity contribution in [2.75, 3.05) is 25.2 Å². The lowest BCUT2D eigenvalue weighted by molar-refractivity contribution is -0.941. The molecular weight excluding hydrogens is 1020 g/mol. The molecule has 2 atom stereocenters. The van der Waals surface area contributed by atoms with Gasteiger partial charge in [-0.05, 0) is 84.2 Å². The van der Waals surface area contributed by atoms with Crippen molar-refractivity contribution in [2.24, 2.45) is 5.16 Å². The molecule has 388 valence electrons. The number of phenols is 2. The average molecular weight is 1080 g/mol. The van der Waals surface area contributed by atoms with E-state index >= 15 is 0 Å². The fourth-order valence-corrected chi connectivity index (χ4v) is 10.5. The minimum atomic E-state index is -1.68. The van der Waals surface area contributed by atoms with Crippen LogP contribution in [0.3, 0.4) is 0 Å². The number of anilines is 1. The van der Waals surface area contributed by atoms with Gasteiger partial charge in [0, 0.05) is 27.8 Å². The molecule has 3 aromatic carbocycles. The number of esters is 2. The summed E-state index contributed by atoms with van der Waals surface area (Å²) in [6, 6.07) is 13.6. The van der Waals surface area contributed by atoms with Crippen molar-refractivity contribution >= 4 is 93.1 Å². The van der Waals surface area contributed by atoms with Crippen LogP contribution >= 0.6 is 46.3 Å². The number of quaternary nitrogens is 1. The second kappa shape index (κ2) is 21.3. The fraction of sp³-hybridized carbons (Fsp3) is 0.392. The number of thiazole rings is 1. The quantitative estimate of drug-likeness (QED) is 0.0166. The third-order valence-corrected chi connectivity index (χ3v) is 14.3. The number of fused-ring (bicyclic) bond motifs is 2. The number of aromatic hydroxyl groups is 2. The van der Waals surface area contributed by atoms with E-state index in [1.807, 2.05) is 37.4 Å². The summed E-state index contributed by atoms with van der Waals surface area (Å²) in [7, 11) is 3.58. The SMILES string of the molecule is COc1ccc(COC(=O)C2=C(/C=C/c3ccc(C[N+]4(C)Cc5c(Cl)c(O)c(O)c(Cl)c5C4)cc3)CS[C@@H]3[C@H](NC(=O)/C(=N\OC(C)(C)C(=O)OC(C)(C)C)c4csc(NC(=O)OC(C)(C)C)n4)C(=O)N23)cc1. The summed E-state index contributed by atoms with van der Waals surface area (Å²) in [5, 5.41) is 30.9. The van der Waals surface area contributed by atoms with Crippen molar-refractivity contribution < 1.29 is 62.5 Å². The maximum atomic E-state index is 14.3. The van der Waals surface area contributed by atoms with Crippen LogP contribution in [-0.4, -0.2) is 108 Å². The Balaban J connectivity index is 1.12. The molecular formula is C51H57Cl2N6O12S2+. The van der Waals surface area contributed by atoms with E-state index in [1.165, 1.54) is 35.9 Å². The van der Waals surface area contributed by atoms with E-state index in [4.69, 9.17) is 47.0 Å². The first-order chi connectivity index (χ1) is 34.2. The molecule has 73 heavy (non-hydrogen) atoms. The minimum absolute atomic E-state index is 0.00902. The molecule has 3 amide bonds. The highest BCUT2D eigenvalue weighted by Crippen LogP contribution is 2.49. The molecule has 0 aliphatic carbocycles. The number of methoxy groups -OCH3 is 1. The van der Waals surface area contributed by atoms with Gasteiger partial charge in [0.2, 0.25) is 5.60 Å². The summed E-state index contributed by atoms with van der Waals surface area (Å²) in [5.74, 6) is -3.02. The molecule has 4 aromatic rings.